The summed E-state index contributed by atoms with van der Waals surface area (Å²) in [4.78, 5) is 2.14. The second kappa shape index (κ2) is 7.13. The monoisotopic (exact) mass is 282 g/mol. The lowest BCUT2D eigenvalue weighted by Crippen LogP contribution is -2.27. The van der Waals surface area contributed by atoms with Gasteiger partial charge in [-0.25, -0.2) is 0 Å². The molecule has 0 atom stereocenters. The van der Waals surface area contributed by atoms with Crippen LogP contribution in [0.25, 0.3) is 0 Å². The minimum Gasteiger partial charge on any atom is -0.395 e. The first kappa shape index (κ1) is 14.6. The van der Waals surface area contributed by atoms with Crippen LogP contribution in [0.5, 0.6) is 0 Å². The van der Waals surface area contributed by atoms with Gasteiger partial charge in [0.25, 0.3) is 0 Å². The Morgan fingerprint density at radius 2 is 2.16 bits per heavy atom. The second-order valence-corrected chi connectivity index (χ2v) is 5.56. The summed E-state index contributed by atoms with van der Waals surface area (Å²) in [5, 5.41) is 13.4. The molecule has 19 heavy (non-hydrogen) atoms. The van der Waals surface area contributed by atoms with Crippen LogP contribution in [0.3, 0.4) is 0 Å². The van der Waals surface area contributed by atoms with Crippen molar-refractivity contribution in [2.24, 2.45) is 0 Å². The van der Waals surface area contributed by atoms with Gasteiger partial charge in [0.05, 0.1) is 17.3 Å². The minimum absolute atomic E-state index is 0.154. The standard InChI is InChI=1S/C15H23ClN2O/c1-2-7-18(8-9-19)15-6-3-12(10-14(15)16)11-17-13-4-5-13/h3,6,10,13,17,19H,2,4-5,7-9,11H2,1H3. The van der Waals surface area contributed by atoms with Crippen LogP contribution in [-0.2, 0) is 6.54 Å². The first-order valence-corrected chi connectivity index (χ1v) is 7.50. The van der Waals surface area contributed by atoms with E-state index in [0.29, 0.717) is 12.6 Å². The summed E-state index contributed by atoms with van der Waals surface area (Å²) < 4.78 is 0. The van der Waals surface area contributed by atoms with E-state index in [4.69, 9.17) is 16.7 Å². The van der Waals surface area contributed by atoms with E-state index in [2.05, 4.69) is 29.3 Å². The molecule has 106 valence electrons. The summed E-state index contributed by atoms with van der Waals surface area (Å²) in [5.41, 5.74) is 2.24. The van der Waals surface area contributed by atoms with Gasteiger partial charge in [-0.1, -0.05) is 24.6 Å². The Morgan fingerprint density at radius 1 is 1.37 bits per heavy atom. The lowest BCUT2D eigenvalue weighted by atomic mass is 10.2. The number of benzene rings is 1. The zero-order chi connectivity index (χ0) is 13.7. The van der Waals surface area contributed by atoms with Gasteiger partial charge in [0, 0.05) is 25.7 Å². The largest absolute Gasteiger partial charge is 0.395 e. The van der Waals surface area contributed by atoms with Crippen LogP contribution >= 0.6 is 11.6 Å². The zero-order valence-electron chi connectivity index (χ0n) is 11.5. The predicted molar refractivity (Wildman–Crippen MR) is 80.9 cm³/mol. The van der Waals surface area contributed by atoms with Crippen LogP contribution in [0.4, 0.5) is 5.69 Å². The van der Waals surface area contributed by atoms with E-state index in [1.54, 1.807) is 0 Å². The topological polar surface area (TPSA) is 35.5 Å². The molecule has 3 nitrogen and oxygen atoms in total. The molecule has 0 radical (unpaired) electrons. The van der Waals surface area contributed by atoms with Crippen molar-refractivity contribution < 1.29 is 5.11 Å². The summed E-state index contributed by atoms with van der Waals surface area (Å²) in [6.45, 7) is 4.72. The molecule has 0 aromatic heterocycles. The molecule has 0 bridgehead atoms. The maximum absolute atomic E-state index is 9.13. The number of hydrogen-bond donors (Lipinski definition) is 2. The molecule has 0 aliphatic heterocycles. The van der Waals surface area contributed by atoms with Crippen LogP contribution in [0.1, 0.15) is 31.7 Å². The lowest BCUT2D eigenvalue weighted by molar-refractivity contribution is 0.302. The van der Waals surface area contributed by atoms with Crippen LogP contribution in [0, 0.1) is 0 Å². The third-order valence-corrected chi connectivity index (χ3v) is 3.69. The number of aliphatic hydroxyl groups is 1. The molecule has 2 rings (SSSR count). The minimum atomic E-state index is 0.154. The van der Waals surface area contributed by atoms with Crippen molar-refractivity contribution in [2.45, 2.75) is 38.8 Å². The zero-order valence-corrected chi connectivity index (χ0v) is 12.3. The van der Waals surface area contributed by atoms with Gasteiger partial charge >= 0.3 is 0 Å². The Labute approximate surface area is 120 Å². The van der Waals surface area contributed by atoms with Crippen LogP contribution in [0.15, 0.2) is 18.2 Å². The van der Waals surface area contributed by atoms with Gasteiger partial charge in [-0.3, -0.25) is 0 Å². The van der Waals surface area contributed by atoms with E-state index < -0.39 is 0 Å². The number of anilines is 1. The molecule has 0 saturated heterocycles. The average Bonchev–Trinajstić information content (AvgIpc) is 3.20. The fraction of sp³-hybridized carbons (Fsp3) is 0.600. The van der Waals surface area contributed by atoms with Crippen molar-refractivity contribution in [1.82, 2.24) is 5.32 Å². The van der Waals surface area contributed by atoms with E-state index in [1.807, 2.05) is 6.07 Å². The molecule has 0 spiro atoms. The van der Waals surface area contributed by atoms with Crippen molar-refractivity contribution in [3.8, 4) is 0 Å². The van der Waals surface area contributed by atoms with Gasteiger partial charge in [0.1, 0.15) is 0 Å². The Balaban J connectivity index is 2.02. The van der Waals surface area contributed by atoms with E-state index in [0.717, 1.165) is 30.2 Å². The van der Waals surface area contributed by atoms with Gasteiger partial charge < -0.3 is 15.3 Å². The molecule has 1 aromatic rings. The number of nitrogens with zero attached hydrogens (tertiary/aromatic N) is 1. The number of halogens is 1. The molecular formula is C15H23ClN2O. The van der Waals surface area contributed by atoms with Crippen molar-refractivity contribution in [1.29, 1.82) is 0 Å². The third-order valence-electron chi connectivity index (χ3n) is 3.39. The van der Waals surface area contributed by atoms with E-state index >= 15 is 0 Å². The molecule has 1 saturated carbocycles. The highest BCUT2D eigenvalue weighted by atomic mass is 35.5. The fourth-order valence-corrected chi connectivity index (χ4v) is 2.53. The van der Waals surface area contributed by atoms with Crippen molar-refractivity contribution in [3.63, 3.8) is 0 Å². The van der Waals surface area contributed by atoms with Gasteiger partial charge in [-0.05, 0) is 37.0 Å². The molecule has 2 N–H and O–H groups in total. The molecule has 1 fully saturated rings. The number of aliphatic hydroxyl groups excluding tert-OH is 1. The molecule has 1 aliphatic carbocycles. The predicted octanol–water partition coefficient (Wildman–Crippen LogP) is 2.80. The van der Waals surface area contributed by atoms with E-state index in [-0.39, 0.29) is 6.61 Å². The number of rotatable bonds is 8. The quantitative estimate of drug-likeness (QED) is 0.770. The van der Waals surface area contributed by atoms with Crippen molar-refractivity contribution in [2.75, 3.05) is 24.6 Å². The summed E-state index contributed by atoms with van der Waals surface area (Å²) in [6.07, 6.45) is 3.64. The van der Waals surface area contributed by atoms with Crippen LogP contribution in [0.2, 0.25) is 5.02 Å². The SMILES string of the molecule is CCCN(CCO)c1ccc(CNC2CC2)cc1Cl. The maximum Gasteiger partial charge on any atom is 0.0642 e. The first-order chi connectivity index (χ1) is 9.24. The molecular weight excluding hydrogens is 260 g/mol. The fourth-order valence-electron chi connectivity index (χ4n) is 2.21. The van der Waals surface area contributed by atoms with Gasteiger partial charge in [0.15, 0.2) is 0 Å². The summed E-state index contributed by atoms with van der Waals surface area (Å²) in [6, 6.07) is 6.94. The third kappa shape index (κ3) is 4.37. The summed E-state index contributed by atoms with van der Waals surface area (Å²) in [5.74, 6) is 0. The highest BCUT2D eigenvalue weighted by Gasteiger charge is 2.20. The van der Waals surface area contributed by atoms with Crippen LogP contribution in [-0.4, -0.2) is 30.8 Å². The highest BCUT2D eigenvalue weighted by molar-refractivity contribution is 6.33. The van der Waals surface area contributed by atoms with E-state index in [1.165, 1.54) is 18.4 Å². The normalized spacial score (nSPS) is 14.7. The van der Waals surface area contributed by atoms with Gasteiger partial charge in [-0.2, -0.15) is 0 Å². The molecule has 0 amide bonds. The van der Waals surface area contributed by atoms with Gasteiger partial charge in [0.2, 0.25) is 0 Å². The van der Waals surface area contributed by atoms with Crippen LogP contribution < -0.4 is 10.2 Å². The van der Waals surface area contributed by atoms with Gasteiger partial charge in [-0.15, -0.1) is 0 Å². The first-order valence-electron chi connectivity index (χ1n) is 7.12. The lowest BCUT2D eigenvalue weighted by Gasteiger charge is -2.24. The molecule has 0 heterocycles. The molecule has 4 heteroatoms. The highest BCUT2D eigenvalue weighted by Crippen LogP contribution is 2.27. The van der Waals surface area contributed by atoms with E-state index in [9.17, 15) is 0 Å². The van der Waals surface area contributed by atoms with Crippen molar-refractivity contribution in [3.05, 3.63) is 28.8 Å². The second-order valence-electron chi connectivity index (χ2n) is 5.15. The number of hydrogen-bond acceptors (Lipinski definition) is 3. The Bertz CT molecular complexity index is 401. The van der Waals surface area contributed by atoms with Crippen molar-refractivity contribution >= 4 is 17.3 Å². The smallest absolute Gasteiger partial charge is 0.0642 e. The Kier molecular flexibility index (Phi) is 5.49. The Morgan fingerprint density at radius 3 is 2.74 bits per heavy atom. The Hall–Kier alpha value is -0.770. The maximum atomic E-state index is 9.13. The molecule has 1 aliphatic rings. The molecule has 0 unspecified atom stereocenters. The summed E-state index contributed by atoms with van der Waals surface area (Å²) >= 11 is 6.38. The number of nitrogens with one attached hydrogen (secondary N) is 1. The summed E-state index contributed by atoms with van der Waals surface area (Å²) in [7, 11) is 0. The average molecular weight is 283 g/mol. The molecule has 1 aromatic carbocycles.